The van der Waals surface area contributed by atoms with Gasteiger partial charge in [0.2, 0.25) is 5.91 Å². The molecule has 148 valence electrons. The largest absolute Gasteiger partial charge is 0.301 e. The van der Waals surface area contributed by atoms with E-state index in [-0.39, 0.29) is 4.21 Å². The summed E-state index contributed by atoms with van der Waals surface area (Å²) in [6, 6.07) is 11.6. The SMILES string of the molecule is [2H]C1(C(=O)Nc2nc(-c3ccccc3)cs2)C=CC=CC1NS(=O)(=O)c1cccs1. The number of hydrogen-bond acceptors (Lipinski definition) is 6. The Balaban J connectivity index is 1.54. The molecule has 4 rings (SSSR count). The van der Waals surface area contributed by atoms with E-state index in [4.69, 9.17) is 1.37 Å². The number of sulfonamides is 1. The molecule has 29 heavy (non-hydrogen) atoms. The molecular formula is C20H17N3O3S3. The molecule has 2 atom stereocenters. The van der Waals surface area contributed by atoms with Crippen LogP contribution >= 0.6 is 22.7 Å². The Bertz CT molecular complexity index is 1200. The van der Waals surface area contributed by atoms with Crippen molar-refractivity contribution in [1.82, 2.24) is 9.71 Å². The number of carbonyl (C=O) groups is 1. The second-order valence-corrected chi connectivity index (χ2v) is 9.84. The lowest BCUT2D eigenvalue weighted by Crippen LogP contribution is -2.43. The predicted octanol–water partition coefficient (Wildman–Crippen LogP) is 3.90. The van der Waals surface area contributed by atoms with Crippen LogP contribution in [0.4, 0.5) is 5.13 Å². The molecule has 2 aromatic heterocycles. The Morgan fingerprint density at radius 1 is 1.07 bits per heavy atom. The van der Waals surface area contributed by atoms with Gasteiger partial charge < -0.3 is 5.32 Å². The first kappa shape index (κ1) is 18.4. The summed E-state index contributed by atoms with van der Waals surface area (Å²) in [5, 5.41) is 6.46. The number of nitrogens with zero attached hydrogens (tertiary/aromatic N) is 1. The number of nitrogens with one attached hydrogen (secondary N) is 2. The van der Waals surface area contributed by atoms with Crippen LogP contribution in [-0.4, -0.2) is 25.4 Å². The molecule has 0 radical (unpaired) electrons. The van der Waals surface area contributed by atoms with E-state index in [1.807, 2.05) is 35.7 Å². The van der Waals surface area contributed by atoms with Crippen molar-refractivity contribution in [1.29, 1.82) is 0 Å². The lowest BCUT2D eigenvalue weighted by atomic mass is 9.95. The molecule has 2 unspecified atom stereocenters. The maximum atomic E-state index is 13.0. The van der Waals surface area contributed by atoms with Crippen LogP contribution in [0, 0.1) is 5.89 Å². The predicted molar refractivity (Wildman–Crippen MR) is 116 cm³/mol. The third-order valence-electron chi connectivity index (χ3n) is 4.12. The van der Waals surface area contributed by atoms with E-state index < -0.39 is 27.9 Å². The molecule has 0 saturated carbocycles. The molecule has 1 aromatic carbocycles. The summed E-state index contributed by atoms with van der Waals surface area (Å²) in [7, 11) is -3.86. The number of allylic oxidation sites excluding steroid dienone is 2. The minimum Gasteiger partial charge on any atom is -0.301 e. The highest BCUT2D eigenvalue weighted by Gasteiger charge is 2.30. The van der Waals surface area contributed by atoms with Crippen molar-refractivity contribution in [3.63, 3.8) is 0 Å². The van der Waals surface area contributed by atoms with E-state index in [0.717, 1.165) is 16.9 Å². The number of aromatic nitrogens is 1. The first-order valence-corrected chi connectivity index (χ1v) is 11.9. The zero-order chi connectivity index (χ0) is 21.2. The summed E-state index contributed by atoms with van der Waals surface area (Å²) in [6.07, 6.45) is 6.03. The second kappa shape index (κ2) is 8.42. The smallest absolute Gasteiger partial charge is 0.250 e. The molecule has 1 aliphatic carbocycles. The van der Waals surface area contributed by atoms with Gasteiger partial charge in [-0.1, -0.05) is 60.7 Å². The highest BCUT2D eigenvalue weighted by Crippen LogP contribution is 2.26. The van der Waals surface area contributed by atoms with Crippen molar-refractivity contribution in [3.8, 4) is 11.3 Å². The summed E-state index contributed by atoms with van der Waals surface area (Å²) in [5.41, 5.74) is 1.63. The molecule has 3 aromatic rings. The fourth-order valence-electron chi connectivity index (χ4n) is 2.75. The van der Waals surface area contributed by atoms with Gasteiger partial charge in [0.25, 0.3) is 10.0 Å². The van der Waals surface area contributed by atoms with Gasteiger partial charge in [-0.05, 0) is 11.4 Å². The van der Waals surface area contributed by atoms with Crippen LogP contribution in [0.2, 0.25) is 0 Å². The minimum absolute atomic E-state index is 0.126. The van der Waals surface area contributed by atoms with Crippen LogP contribution in [-0.2, 0) is 14.8 Å². The summed E-state index contributed by atoms with van der Waals surface area (Å²) in [6.45, 7) is 0. The maximum absolute atomic E-state index is 13.0. The van der Waals surface area contributed by atoms with Gasteiger partial charge in [-0.25, -0.2) is 18.1 Å². The Morgan fingerprint density at radius 3 is 2.62 bits per heavy atom. The summed E-state index contributed by atoms with van der Waals surface area (Å²) in [5.74, 6) is -2.53. The molecule has 1 aliphatic rings. The third-order valence-corrected chi connectivity index (χ3v) is 7.72. The quantitative estimate of drug-likeness (QED) is 0.604. The van der Waals surface area contributed by atoms with Gasteiger partial charge in [-0.3, -0.25) is 4.79 Å². The van der Waals surface area contributed by atoms with Crippen molar-refractivity contribution in [3.05, 3.63) is 77.5 Å². The van der Waals surface area contributed by atoms with Crippen LogP contribution in [0.3, 0.4) is 0 Å². The molecule has 0 spiro atoms. The van der Waals surface area contributed by atoms with Crippen LogP contribution < -0.4 is 10.0 Å². The van der Waals surface area contributed by atoms with Crippen molar-refractivity contribution in [2.75, 3.05) is 5.32 Å². The van der Waals surface area contributed by atoms with Crippen molar-refractivity contribution in [2.24, 2.45) is 5.89 Å². The van der Waals surface area contributed by atoms with Gasteiger partial charge in [-0.15, -0.1) is 22.7 Å². The highest BCUT2D eigenvalue weighted by molar-refractivity contribution is 7.91. The van der Waals surface area contributed by atoms with Crippen molar-refractivity contribution in [2.45, 2.75) is 10.3 Å². The molecule has 2 N–H and O–H groups in total. The van der Waals surface area contributed by atoms with Crippen LogP contribution in [0.1, 0.15) is 1.37 Å². The Labute approximate surface area is 178 Å². The van der Waals surface area contributed by atoms with Gasteiger partial charge in [-0.2, -0.15) is 0 Å². The van der Waals surface area contributed by atoms with Gasteiger partial charge in [0.15, 0.2) is 5.13 Å². The number of rotatable bonds is 6. The van der Waals surface area contributed by atoms with Gasteiger partial charge >= 0.3 is 0 Å². The van der Waals surface area contributed by atoms with Gasteiger partial charge in [0.05, 0.1) is 17.6 Å². The van der Waals surface area contributed by atoms with Crippen molar-refractivity contribution < 1.29 is 14.6 Å². The Hall–Kier alpha value is -2.59. The normalized spacial score (nSPS) is 21.7. The van der Waals surface area contributed by atoms with Gasteiger partial charge in [0.1, 0.15) is 4.21 Å². The first-order chi connectivity index (χ1) is 14.4. The lowest BCUT2D eigenvalue weighted by molar-refractivity contribution is -0.118. The molecule has 2 heterocycles. The lowest BCUT2D eigenvalue weighted by Gasteiger charge is -2.23. The van der Waals surface area contributed by atoms with E-state index >= 15 is 0 Å². The molecular weight excluding hydrogens is 426 g/mol. The number of anilines is 1. The van der Waals surface area contributed by atoms with E-state index in [0.29, 0.717) is 10.8 Å². The molecule has 1 amide bonds. The molecule has 6 nitrogen and oxygen atoms in total. The molecule has 0 bridgehead atoms. The molecule has 0 fully saturated rings. The van der Waals surface area contributed by atoms with Crippen molar-refractivity contribution >= 4 is 43.7 Å². The number of amides is 1. The first-order valence-electron chi connectivity index (χ1n) is 9.13. The average Bonchev–Trinajstić information content (AvgIpc) is 3.43. The summed E-state index contributed by atoms with van der Waals surface area (Å²) < 4.78 is 36.5. The van der Waals surface area contributed by atoms with Crippen LogP contribution in [0.5, 0.6) is 0 Å². The highest BCUT2D eigenvalue weighted by atomic mass is 32.2. The zero-order valence-electron chi connectivity index (χ0n) is 16.0. The summed E-state index contributed by atoms with van der Waals surface area (Å²) in [4.78, 5) is 17.4. The molecule has 0 aliphatic heterocycles. The topological polar surface area (TPSA) is 88.2 Å². The zero-order valence-corrected chi connectivity index (χ0v) is 17.4. The Kier molecular flexibility index (Phi) is 5.35. The number of thiophene rings is 1. The number of hydrogen-bond donors (Lipinski definition) is 2. The van der Waals surface area contributed by atoms with E-state index in [1.165, 1.54) is 29.6 Å². The van der Waals surface area contributed by atoms with E-state index in [9.17, 15) is 13.2 Å². The summed E-state index contributed by atoms with van der Waals surface area (Å²) >= 11 is 2.31. The fourth-order valence-corrected chi connectivity index (χ4v) is 5.64. The fraction of sp³-hybridized carbons (Fsp3) is 0.100. The number of carbonyl (C=O) groups excluding carboxylic acids is 1. The van der Waals surface area contributed by atoms with E-state index in [1.54, 1.807) is 23.6 Å². The third kappa shape index (κ3) is 4.54. The second-order valence-electron chi connectivity index (χ2n) is 6.09. The average molecular weight is 445 g/mol. The van der Waals surface area contributed by atoms with Gasteiger partial charge in [0, 0.05) is 12.3 Å². The van der Waals surface area contributed by atoms with E-state index in [2.05, 4.69) is 15.0 Å². The van der Waals surface area contributed by atoms with Crippen LogP contribution in [0.15, 0.2) is 81.7 Å². The van der Waals surface area contributed by atoms with Crippen LogP contribution in [0.25, 0.3) is 11.3 Å². The minimum atomic E-state index is -3.86. The molecule has 0 saturated heterocycles. The Morgan fingerprint density at radius 2 is 1.86 bits per heavy atom. The molecule has 9 heteroatoms. The maximum Gasteiger partial charge on any atom is 0.250 e. The number of benzene rings is 1. The standard InChI is InChI=1S/C20H17N3O3S3/c24-19(22-20-21-17(13-28-20)14-7-2-1-3-8-14)15-9-4-5-10-16(15)23-29(25,26)18-11-6-12-27-18/h1-13,15-16,23H,(H,21,22,24)/i15D. The monoisotopic (exact) mass is 444 g/mol. The number of thiazole rings is 1.